The van der Waals surface area contributed by atoms with Crippen molar-refractivity contribution < 1.29 is 18.7 Å². The minimum absolute atomic E-state index is 0.0144. The zero-order valence-electron chi connectivity index (χ0n) is 15.4. The SMILES string of the molecule is C[C@@H]1CN(C(=O)c2cc(-c3cc(F)c(O)cc3F)cc3cnsc23)C[C@H](C)N1. The molecule has 4 rings (SSSR count). The topological polar surface area (TPSA) is 65.5 Å². The van der Waals surface area contributed by atoms with E-state index in [0.717, 1.165) is 12.1 Å². The molecule has 2 aromatic carbocycles. The molecule has 2 heterocycles. The van der Waals surface area contributed by atoms with Crippen LogP contribution in [0.2, 0.25) is 0 Å². The molecule has 1 aliphatic rings. The van der Waals surface area contributed by atoms with Crippen molar-refractivity contribution in [2.45, 2.75) is 25.9 Å². The number of phenolic OH excluding ortho intramolecular Hbond substituents is 1. The van der Waals surface area contributed by atoms with Crippen LogP contribution in [-0.2, 0) is 0 Å². The van der Waals surface area contributed by atoms with E-state index in [1.54, 1.807) is 23.2 Å². The second-order valence-electron chi connectivity index (χ2n) is 7.23. The van der Waals surface area contributed by atoms with E-state index < -0.39 is 17.4 Å². The standard InChI is InChI=1S/C20H19F2N3O2S/c1-10-8-25(9-11(2)24-10)20(27)15-4-12(3-13-7-23-28-19(13)15)14-5-17(22)18(26)6-16(14)21/h3-7,10-11,24,26H,8-9H2,1-2H3/t10-,11+. The highest BCUT2D eigenvalue weighted by molar-refractivity contribution is 7.13. The molecule has 1 aromatic heterocycles. The number of carbonyl (C=O) groups is 1. The van der Waals surface area contributed by atoms with Gasteiger partial charge < -0.3 is 15.3 Å². The highest BCUT2D eigenvalue weighted by Crippen LogP contribution is 2.34. The van der Waals surface area contributed by atoms with Gasteiger partial charge in [-0.15, -0.1) is 0 Å². The number of amides is 1. The maximum atomic E-state index is 14.4. The second-order valence-corrected chi connectivity index (χ2v) is 8.03. The zero-order valence-corrected chi connectivity index (χ0v) is 16.2. The Balaban J connectivity index is 1.82. The van der Waals surface area contributed by atoms with Gasteiger partial charge in [0.2, 0.25) is 0 Å². The number of fused-ring (bicyclic) bond motifs is 1. The van der Waals surface area contributed by atoms with Gasteiger partial charge in [-0.05, 0) is 49.1 Å². The van der Waals surface area contributed by atoms with Crippen molar-refractivity contribution in [1.82, 2.24) is 14.6 Å². The minimum Gasteiger partial charge on any atom is -0.505 e. The van der Waals surface area contributed by atoms with E-state index in [-0.39, 0.29) is 23.6 Å². The van der Waals surface area contributed by atoms with E-state index in [2.05, 4.69) is 9.69 Å². The van der Waals surface area contributed by atoms with Crippen LogP contribution < -0.4 is 5.32 Å². The fourth-order valence-electron chi connectivity index (χ4n) is 3.72. The smallest absolute Gasteiger partial charge is 0.255 e. The van der Waals surface area contributed by atoms with Crippen LogP contribution in [0, 0.1) is 11.6 Å². The highest BCUT2D eigenvalue weighted by Gasteiger charge is 2.27. The number of benzene rings is 2. The van der Waals surface area contributed by atoms with Crippen molar-refractivity contribution in [2.24, 2.45) is 0 Å². The summed E-state index contributed by atoms with van der Waals surface area (Å²) in [5.74, 6) is -2.59. The Hall–Kier alpha value is -2.58. The fourth-order valence-corrected chi connectivity index (χ4v) is 4.45. The second kappa shape index (κ2) is 7.10. The van der Waals surface area contributed by atoms with E-state index in [9.17, 15) is 18.7 Å². The van der Waals surface area contributed by atoms with Crippen molar-refractivity contribution in [3.8, 4) is 16.9 Å². The molecular formula is C20H19F2N3O2S. The Bertz CT molecular complexity index is 1060. The van der Waals surface area contributed by atoms with Gasteiger partial charge in [0.05, 0.1) is 10.3 Å². The molecular weight excluding hydrogens is 384 g/mol. The molecule has 0 spiro atoms. The molecule has 2 atom stereocenters. The lowest BCUT2D eigenvalue weighted by Gasteiger charge is -2.36. The minimum atomic E-state index is -0.919. The molecule has 1 aliphatic heterocycles. The molecule has 146 valence electrons. The van der Waals surface area contributed by atoms with Crippen LogP contribution in [0.1, 0.15) is 24.2 Å². The predicted molar refractivity (Wildman–Crippen MR) is 105 cm³/mol. The Kier molecular flexibility index (Phi) is 4.76. The first kappa shape index (κ1) is 18.8. The molecule has 2 N–H and O–H groups in total. The number of hydrogen-bond acceptors (Lipinski definition) is 5. The fraction of sp³-hybridized carbons (Fsp3) is 0.300. The molecule has 0 aliphatic carbocycles. The van der Waals surface area contributed by atoms with Crippen LogP contribution in [-0.4, -0.2) is 45.5 Å². The number of nitrogens with one attached hydrogen (secondary N) is 1. The average molecular weight is 403 g/mol. The lowest BCUT2D eigenvalue weighted by Crippen LogP contribution is -2.55. The lowest BCUT2D eigenvalue weighted by atomic mass is 9.99. The summed E-state index contributed by atoms with van der Waals surface area (Å²) in [6.07, 6.45) is 1.61. The first-order valence-electron chi connectivity index (χ1n) is 8.95. The lowest BCUT2D eigenvalue weighted by molar-refractivity contribution is 0.0676. The summed E-state index contributed by atoms with van der Waals surface area (Å²) in [5, 5.41) is 13.5. The number of carbonyl (C=O) groups excluding carboxylic acids is 1. The summed E-state index contributed by atoms with van der Waals surface area (Å²) in [6, 6.07) is 5.26. The molecule has 5 nitrogen and oxygen atoms in total. The largest absolute Gasteiger partial charge is 0.505 e. The number of piperazine rings is 1. The summed E-state index contributed by atoms with van der Waals surface area (Å²) < 4.78 is 33.1. The van der Waals surface area contributed by atoms with Gasteiger partial charge in [-0.1, -0.05) is 0 Å². The van der Waals surface area contributed by atoms with Gasteiger partial charge in [0.1, 0.15) is 5.82 Å². The van der Waals surface area contributed by atoms with Gasteiger partial charge in [0, 0.05) is 48.4 Å². The summed E-state index contributed by atoms with van der Waals surface area (Å²) >= 11 is 1.20. The Labute approximate surface area is 164 Å². The molecule has 0 unspecified atom stereocenters. The summed E-state index contributed by atoms with van der Waals surface area (Å²) in [7, 11) is 0. The molecule has 1 saturated heterocycles. The highest BCUT2D eigenvalue weighted by atomic mass is 32.1. The van der Waals surface area contributed by atoms with Crippen LogP contribution in [0.5, 0.6) is 5.75 Å². The van der Waals surface area contributed by atoms with Gasteiger partial charge in [-0.3, -0.25) is 4.79 Å². The van der Waals surface area contributed by atoms with Gasteiger partial charge in [0.15, 0.2) is 11.6 Å². The van der Waals surface area contributed by atoms with Gasteiger partial charge in [-0.25, -0.2) is 8.78 Å². The Morgan fingerprint density at radius 3 is 2.61 bits per heavy atom. The number of hydrogen-bond donors (Lipinski definition) is 2. The van der Waals surface area contributed by atoms with E-state index >= 15 is 0 Å². The molecule has 1 fully saturated rings. The first-order valence-corrected chi connectivity index (χ1v) is 9.73. The Morgan fingerprint density at radius 2 is 1.89 bits per heavy atom. The summed E-state index contributed by atoms with van der Waals surface area (Å²) in [6.45, 7) is 5.16. The van der Waals surface area contributed by atoms with Crippen molar-refractivity contribution in [3.05, 3.63) is 47.7 Å². The molecule has 0 saturated carbocycles. The van der Waals surface area contributed by atoms with E-state index in [1.165, 1.54) is 11.5 Å². The quantitative estimate of drug-likeness (QED) is 0.684. The third-order valence-electron chi connectivity index (χ3n) is 4.88. The number of aromatic nitrogens is 1. The van der Waals surface area contributed by atoms with Crippen LogP contribution in [0.3, 0.4) is 0 Å². The summed E-state index contributed by atoms with van der Waals surface area (Å²) in [5.41, 5.74) is 0.771. The van der Waals surface area contributed by atoms with Crippen LogP contribution in [0.25, 0.3) is 21.2 Å². The monoisotopic (exact) mass is 403 g/mol. The van der Waals surface area contributed by atoms with Crippen molar-refractivity contribution >= 4 is 27.5 Å². The number of phenols is 1. The number of nitrogens with zero attached hydrogens (tertiary/aromatic N) is 2. The van der Waals surface area contributed by atoms with E-state index in [1.807, 2.05) is 13.8 Å². The van der Waals surface area contributed by atoms with Crippen LogP contribution in [0.4, 0.5) is 8.78 Å². The third-order valence-corrected chi connectivity index (χ3v) is 5.73. The molecule has 0 bridgehead atoms. The van der Waals surface area contributed by atoms with Gasteiger partial charge in [-0.2, -0.15) is 4.37 Å². The number of aromatic hydroxyl groups is 1. The molecule has 28 heavy (non-hydrogen) atoms. The van der Waals surface area contributed by atoms with Gasteiger partial charge >= 0.3 is 0 Å². The predicted octanol–water partition coefficient (Wildman–Crippen LogP) is 3.77. The Morgan fingerprint density at radius 1 is 1.18 bits per heavy atom. The first-order chi connectivity index (χ1) is 13.3. The normalized spacial score (nSPS) is 19.9. The van der Waals surface area contributed by atoms with Crippen molar-refractivity contribution in [3.63, 3.8) is 0 Å². The van der Waals surface area contributed by atoms with E-state index in [0.29, 0.717) is 34.3 Å². The maximum absolute atomic E-state index is 14.4. The zero-order chi connectivity index (χ0) is 20.0. The van der Waals surface area contributed by atoms with Gasteiger partial charge in [0.25, 0.3) is 5.91 Å². The van der Waals surface area contributed by atoms with Crippen LogP contribution in [0.15, 0.2) is 30.5 Å². The summed E-state index contributed by atoms with van der Waals surface area (Å²) in [4.78, 5) is 15.0. The maximum Gasteiger partial charge on any atom is 0.255 e. The number of rotatable bonds is 2. The van der Waals surface area contributed by atoms with Crippen LogP contribution >= 0.6 is 11.5 Å². The van der Waals surface area contributed by atoms with Crippen molar-refractivity contribution in [2.75, 3.05) is 13.1 Å². The third kappa shape index (κ3) is 3.33. The van der Waals surface area contributed by atoms with Crippen molar-refractivity contribution in [1.29, 1.82) is 0 Å². The molecule has 8 heteroatoms. The molecule has 3 aromatic rings. The molecule has 1 amide bonds. The van der Waals surface area contributed by atoms with E-state index in [4.69, 9.17) is 0 Å². The number of halogens is 2. The average Bonchev–Trinajstić information content (AvgIpc) is 3.11. The molecule has 0 radical (unpaired) electrons.